The van der Waals surface area contributed by atoms with E-state index in [9.17, 15) is 9.59 Å². The Kier molecular flexibility index (Phi) is 7.68. The maximum Gasteiger partial charge on any atom is 0.238 e. The number of hydrogen-bond acceptors (Lipinski definition) is 5. The number of fused-ring (bicyclic) bond motifs is 1. The molecule has 0 bridgehead atoms. The summed E-state index contributed by atoms with van der Waals surface area (Å²) in [6.07, 6.45) is 0.787. The molecule has 0 fully saturated rings. The predicted octanol–water partition coefficient (Wildman–Crippen LogP) is 2.39. The quantitative estimate of drug-likeness (QED) is 0.662. The van der Waals surface area contributed by atoms with Crippen LogP contribution < -0.4 is 20.1 Å². The molecule has 7 heteroatoms. The van der Waals surface area contributed by atoms with Crippen molar-refractivity contribution >= 4 is 17.5 Å². The van der Waals surface area contributed by atoms with E-state index in [1.165, 1.54) is 11.1 Å². The first kappa shape index (κ1) is 21.6. The average molecular weight is 412 g/mol. The van der Waals surface area contributed by atoms with Crippen molar-refractivity contribution in [2.24, 2.45) is 0 Å². The molecule has 1 heterocycles. The highest BCUT2D eigenvalue weighted by Gasteiger charge is 2.15. The van der Waals surface area contributed by atoms with Gasteiger partial charge in [0.2, 0.25) is 11.8 Å². The first-order chi connectivity index (χ1) is 14.5. The molecule has 30 heavy (non-hydrogen) atoms. The molecule has 0 unspecified atom stereocenters. The number of nitrogens with zero attached hydrogens (tertiary/aromatic N) is 1. The van der Waals surface area contributed by atoms with Crippen LogP contribution in [0, 0.1) is 6.92 Å². The third-order valence-corrected chi connectivity index (χ3v) is 4.99. The number of rotatable bonds is 9. The summed E-state index contributed by atoms with van der Waals surface area (Å²) < 4.78 is 11.0. The summed E-state index contributed by atoms with van der Waals surface area (Å²) in [7, 11) is 0. The molecule has 0 atom stereocenters. The van der Waals surface area contributed by atoms with Crippen LogP contribution in [0.5, 0.6) is 11.5 Å². The first-order valence-electron chi connectivity index (χ1n) is 10.3. The highest BCUT2D eigenvalue weighted by Crippen LogP contribution is 2.32. The van der Waals surface area contributed by atoms with Gasteiger partial charge in [0, 0.05) is 18.3 Å². The fourth-order valence-corrected chi connectivity index (χ4v) is 3.29. The predicted molar refractivity (Wildman–Crippen MR) is 116 cm³/mol. The van der Waals surface area contributed by atoms with Crippen LogP contribution in [0.1, 0.15) is 18.1 Å². The van der Waals surface area contributed by atoms with E-state index < -0.39 is 0 Å². The molecule has 2 aromatic carbocycles. The molecule has 0 aliphatic carbocycles. The van der Waals surface area contributed by atoms with E-state index in [-0.39, 0.29) is 24.9 Å². The van der Waals surface area contributed by atoms with Crippen molar-refractivity contribution < 1.29 is 19.1 Å². The minimum Gasteiger partial charge on any atom is -0.486 e. The van der Waals surface area contributed by atoms with Gasteiger partial charge in [-0.2, -0.15) is 0 Å². The van der Waals surface area contributed by atoms with Gasteiger partial charge in [-0.3, -0.25) is 14.5 Å². The van der Waals surface area contributed by atoms with Crippen LogP contribution in [0.2, 0.25) is 0 Å². The third-order valence-electron chi connectivity index (χ3n) is 4.99. The molecule has 2 N–H and O–H groups in total. The van der Waals surface area contributed by atoms with Crippen molar-refractivity contribution in [3.8, 4) is 11.5 Å². The molecule has 7 nitrogen and oxygen atoms in total. The number of ether oxygens (including phenoxy) is 2. The van der Waals surface area contributed by atoms with Crippen LogP contribution in [0.3, 0.4) is 0 Å². The van der Waals surface area contributed by atoms with E-state index in [1.54, 1.807) is 23.1 Å². The molecule has 160 valence electrons. The second-order valence-corrected chi connectivity index (χ2v) is 7.24. The van der Waals surface area contributed by atoms with E-state index >= 15 is 0 Å². The molecule has 0 radical (unpaired) electrons. The smallest absolute Gasteiger partial charge is 0.238 e. The largest absolute Gasteiger partial charge is 0.486 e. The van der Waals surface area contributed by atoms with Crippen molar-refractivity contribution in [2.75, 3.05) is 44.7 Å². The van der Waals surface area contributed by atoms with Crippen LogP contribution in [0.15, 0.2) is 42.5 Å². The van der Waals surface area contributed by atoms with Crippen molar-refractivity contribution in [3.63, 3.8) is 0 Å². The summed E-state index contributed by atoms with van der Waals surface area (Å²) in [6.45, 7) is 6.50. The van der Waals surface area contributed by atoms with Gasteiger partial charge < -0.3 is 20.1 Å². The van der Waals surface area contributed by atoms with Gasteiger partial charge in [0.05, 0.1) is 13.1 Å². The lowest BCUT2D eigenvalue weighted by Gasteiger charge is -2.21. The number of aryl methyl sites for hydroxylation is 1. The van der Waals surface area contributed by atoms with E-state index in [0.717, 1.165) is 6.42 Å². The number of likely N-dealkylation sites (N-methyl/N-ethyl adjacent to an activating group) is 1. The minimum absolute atomic E-state index is 0.0856. The standard InChI is InChI=1S/C23H29N3O4/c1-3-26(15-22(27)24-11-10-18-7-5-4-6-17(18)2)16-23(28)25-19-8-9-20-21(14-19)30-13-12-29-20/h4-9,14H,3,10-13,15-16H2,1-2H3,(H,24,27)(H,25,28). The Morgan fingerprint density at radius 1 is 1.00 bits per heavy atom. The average Bonchev–Trinajstić information content (AvgIpc) is 2.74. The number of nitrogens with one attached hydrogen (secondary N) is 2. The molecular formula is C23H29N3O4. The number of amides is 2. The second-order valence-electron chi connectivity index (χ2n) is 7.24. The van der Waals surface area contributed by atoms with Crippen LogP contribution in [-0.4, -0.2) is 56.1 Å². The van der Waals surface area contributed by atoms with Gasteiger partial charge in [-0.15, -0.1) is 0 Å². The monoisotopic (exact) mass is 411 g/mol. The van der Waals surface area contributed by atoms with E-state index in [4.69, 9.17) is 9.47 Å². The van der Waals surface area contributed by atoms with Crippen molar-refractivity contribution in [1.29, 1.82) is 0 Å². The summed E-state index contributed by atoms with van der Waals surface area (Å²) in [4.78, 5) is 26.5. The van der Waals surface area contributed by atoms with Gasteiger partial charge in [-0.05, 0) is 43.1 Å². The molecule has 2 aromatic rings. The molecule has 1 aliphatic heterocycles. The van der Waals surface area contributed by atoms with Gasteiger partial charge in [-0.25, -0.2) is 0 Å². The summed E-state index contributed by atoms with van der Waals surface area (Å²) in [6, 6.07) is 13.5. The number of benzene rings is 2. The highest BCUT2D eigenvalue weighted by atomic mass is 16.6. The Morgan fingerprint density at radius 3 is 2.50 bits per heavy atom. The summed E-state index contributed by atoms with van der Waals surface area (Å²) in [5.41, 5.74) is 3.09. The van der Waals surface area contributed by atoms with Gasteiger partial charge in [0.25, 0.3) is 0 Å². The molecule has 2 amide bonds. The van der Waals surface area contributed by atoms with Crippen molar-refractivity contribution in [3.05, 3.63) is 53.6 Å². The van der Waals surface area contributed by atoms with Gasteiger partial charge in [0.1, 0.15) is 13.2 Å². The summed E-state index contributed by atoms with van der Waals surface area (Å²) in [5.74, 6) is 1.04. The highest BCUT2D eigenvalue weighted by molar-refractivity contribution is 5.93. The van der Waals surface area contributed by atoms with E-state index in [0.29, 0.717) is 43.5 Å². The van der Waals surface area contributed by atoms with Gasteiger partial charge in [-0.1, -0.05) is 31.2 Å². The Labute approximate surface area is 177 Å². The zero-order valence-corrected chi connectivity index (χ0v) is 17.6. The Hall–Kier alpha value is -3.06. The third kappa shape index (κ3) is 6.22. The topological polar surface area (TPSA) is 79.9 Å². The van der Waals surface area contributed by atoms with Gasteiger partial charge in [0.15, 0.2) is 11.5 Å². The lowest BCUT2D eigenvalue weighted by molar-refractivity contribution is -0.123. The van der Waals surface area contributed by atoms with Gasteiger partial charge >= 0.3 is 0 Å². The summed E-state index contributed by atoms with van der Waals surface area (Å²) in [5, 5.41) is 5.79. The normalized spacial score (nSPS) is 12.5. The van der Waals surface area contributed by atoms with Crippen molar-refractivity contribution in [2.45, 2.75) is 20.3 Å². The summed E-state index contributed by atoms with van der Waals surface area (Å²) >= 11 is 0. The van der Waals surface area contributed by atoms with E-state index in [1.807, 2.05) is 19.1 Å². The number of carbonyl (C=O) groups excluding carboxylic acids is 2. The molecule has 1 aliphatic rings. The fraction of sp³-hybridized carbons (Fsp3) is 0.391. The first-order valence-corrected chi connectivity index (χ1v) is 10.3. The molecule has 3 rings (SSSR count). The Bertz CT molecular complexity index is 885. The van der Waals surface area contributed by atoms with Crippen LogP contribution >= 0.6 is 0 Å². The van der Waals surface area contributed by atoms with Crippen LogP contribution in [0.25, 0.3) is 0 Å². The number of carbonyl (C=O) groups is 2. The van der Waals surface area contributed by atoms with E-state index in [2.05, 4.69) is 29.7 Å². The molecule has 0 spiro atoms. The van der Waals surface area contributed by atoms with Crippen LogP contribution in [0.4, 0.5) is 5.69 Å². The number of hydrogen-bond donors (Lipinski definition) is 2. The zero-order chi connectivity index (χ0) is 21.3. The maximum atomic E-state index is 12.4. The minimum atomic E-state index is -0.179. The maximum absolute atomic E-state index is 12.4. The Morgan fingerprint density at radius 2 is 1.73 bits per heavy atom. The Balaban J connectivity index is 1.43. The number of anilines is 1. The second kappa shape index (κ2) is 10.6. The molecule has 0 saturated heterocycles. The van der Waals surface area contributed by atoms with Crippen molar-refractivity contribution in [1.82, 2.24) is 10.2 Å². The molecule has 0 saturated carbocycles. The lowest BCUT2D eigenvalue weighted by Crippen LogP contribution is -2.41. The molecular weight excluding hydrogens is 382 g/mol. The molecule has 0 aromatic heterocycles. The lowest BCUT2D eigenvalue weighted by atomic mass is 10.1. The fourth-order valence-electron chi connectivity index (χ4n) is 3.29. The zero-order valence-electron chi connectivity index (χ0n) is 17.6. The van der Waals surface area contributed by atoms with Crippen LogP contribution in [-0.2, 0) is 16.0 Å². The SMILES string of the molecule is CCN(CC(=O)NCCc1ccccc1C)CC(=O)Nc1ccc2c(c1)OCCO2.